The van der Waals surface area contributed by atoms with Crippen LogP contribution in [0.5, 0.6) is 0 Å². The lowest BCUT2D eigenvalue weighted by atomic mass is 9.73. The van der Waals surface area contributed by atoms with Crippen LogP contribution >= 0.6 is 11.3 Å². The zero-order chi connectivity index (χ0) is 13.3. The molecule has 0 spiro atoms. The number of benzene rings is 1. The van der Waals surface area contributed by atoms with E-state index in [4.69, 9.17) is 5.53 Å². The molecule has 98 valence electrons. The predicted octanol–water partition coefficient (Wildman–Crippen LogP) is 5.62. The fraction of sp³-hybridized carbons (Fsp3) is 0.467. The minimum absolute atomic E-state index is 0.323. The van der Waals surface area contributed by atoms with Gasteiger partial charge in [0.2, 0.25) is 0 Å². The van der Waals surface area contributed by atoms with Gasteiger partial charge in [-0.05, 0) is 41.8 Å². The summed E-state index contributed by atoms with van der Waals surface area (Å²) in [7, 11) is 0. The van der Waals surface area contributed by atoms with Crippen molar-refractivity contribution in [1.29, 1.82) is 0 Å². The number of rotatable bonds is 2. The van der Waals surface area contributed by atoms with Crippen LogP contribution in [0.3, 0.4) is 0 Å². The van der Waals surface area contributed by atoms with Crippen molar-refractivity contribution >= 4 is 21.4 Å². The highest BCUT2D eigenvalue weighted by Gasteiger charge is 2.40. The van der Waals surface area contributed by atoms with Gasteiger partial charge in [-0.3, -0.25) is 0 Å². The van der Waals surface area contributed by atoms with Crippen LogP contribution in [0.2, 0.25) is 0 Å². The highest BCUT2D eigenvalue weighted by atomic mass is 32.1. The summed E-state index contributed by atoms with van der Waals surface area (Å²) in [5.41, 5.74) is 8.68. The monoisotopic (exact) mass is 271 g/mol. The Bertz CT molecular complexity index is 609. The Hall–Kier alpha value is -1.51. The maximum Gasteiger partial charge on any atom is 0.0856 e. The van der Waals surface area contributed by atoms with Gasteiger partial charge in [0, 0.05) is 14.5 Å². The Morgan fingerprint density at radius 1 is 1.37 bits per heavy atom. The van der Waals surface area contributed by atoms with Crippen molar-refractivity contribution in [2.24, 2.45) is 11.0 Å². The van der Waals surface area contributed by atoms with Crippen LogP contribution in [-0.2, 0) is 5.54 Å². The molecule has 1 saturated carbocycles. The van der Waals surface area contributed by atoms with Crippen molar-refractivity contribution in [3.63, 3.8) is 0 Å². The van der Waals surface area contributed by atoms with Crippen LogP contribution in [0.25, 0.3) is 20.5 Å². The number of nitrogens with zero attached hydrogens (tertiary/aromatic N) is 3. The van der Waals surface area contributed by atoms with E-state index in [-0.39, 0.29) is 5.54 Å². The zero-order valence-electron chi connectivity index (χ0n) is 11.0. The van der Waals surface area contributed by atoms with Crippen molar-refractivity contribution in [3.8, 4) is 0 Å². The van der Waals surface area contributed by atoms with Crippen LogP contribution in [-0.4, -0.2) is 0 Å². The summed E-state index contributed by atoms with van der Waals surface area (Å²) in [6.45, 7) is 2.22. The largest absolute Gasteiger partial charge is 0.140 e. The van der Waals surface area contributed by atoms with Gasteiger partial charge in [-0.2, -0.15) is 0 Å². The van der Waals surface area contributed by atoms with Gasteiger partial charge < -0.3 is 0 Å². The standard InChI is InChI=1S/C15H17N3S/c1-11-6-4-5-9-15(11,17-18-16)14-10-12-7-2-3-8-13(12)19-14/h2-3,7-8,10-11H,4-6,9H2,1H3. The maximum atomic E-state index is 9.00. The van der Waals surface area contributed by atoms with Crippen LogP contribution in [0.15, 0.2) is 35.4 Å². The summed E-state index contributed by atoms with van der Waals surface area (Å²) in [6, 6.07) is 10.6. The Balaban J connectivity index is 2.16. The molecule has 2 atom stereocenters. The normalized spacial score (nSPS) is 27.1. The van der Waals surface area contributed by atoms with Gasteiger partial charge in [-0.25, -0.2) is 0 Å². The third kappa shape index (κ3) is 2.01. The molecule has 0 radical (unpaired) electrons. The first-order chi connectivity index (χ1) is 9.26. The van der Waals surface area contributed by atoms with Gasteiger partial charge in [-0.15, -0.1) is 11.3 Å². The molecule has 2 unspecified atom stereocenters. The van der Waals surface area contributed by atoms with E-state index in [2.05, 4.69) is 47.3 Å². The SMILES string of the molecule is CC1CCCCC1(N=[N+]=[N-])c1cc2ccccc2s1. The second-order valence-electron chi connectivity index (χ2n) is 5.41. The number of azide groups is 1. The quantitative estimate of drug-likeness (QED) is 0.387. The fourth-order valence-corrected chi connectivity index (χ4v) is 4.50. The van der Waals surface area contributed by atoms with E-state index >= 15 is 0 Å². The van der Waals surface area contributed by atoms with E-state index in [1.54, 1.807) is 11.3 Å². The molecule has 1 aliphatic carbocycles. The molecule has 1 aromatic heterocycles. The summed E-state index contributed by atoms with van der Waals surface area (Å²) >= 11 is 1.78. The number of hydrogen-bond acceptors (Lipinski definition) is 2. The summed E-state index contributed by atoms with van der Waals surface area (Å²) in [5, 5.41) is 5.51. The van der Waals surface area contributed by atoms with E-state index in [1.807, 2.05) is 0 Å². The van der Waals surface area contributed by atoms with Gasteiger partial charge in [0.25, 0.3) is 0 Å². The topological polar surface area (TPSA) is 48.8 Å². The summed E-state index contributed by atoms with van der Waals surface area (Å²) < 4.78 is 1.28. The maximum absolute atomic E-state index is 9.00. The predicted molar refractivity (Wildman–Crippen MR) is 80.3 cm³/mol. The highest BCUT2D eigenvalue weighted by molar-refractivity contribution is 7.19. The molecule has 4 heteroatoms. The molecular formula is C15H17N3S. The molecule has 0 amide bonds. The molecule has 0 aliphatic heterocycles. The number of thiophene rings is 1. The van der Waals surface area contributed by atoms with Crippen molar-refractivity contribution < 1.29 is 0 Å². The Labute approximate surface area is 116 Å². The Kier molecular flexibility index (Phi) is 3.21. The van der Waals surface area contributed by atoms with Gasteiger partial charge in [0.05, 0.1) is 5.54 Å². The van der Waals surface area contributed by atoms with Crippen LogP contribution in [0.1, 0.15) is 37.5 Å². The van der Waals surface area contributed by atoms with Gasteiger partial charge in [0.1, 0.15) is 0 Å². The van der Waals surface area contributed by atoms with Crippen LogP contribution in [0, 0.1) is 5.92 Å². The average Bonchev–Trinajstić information content (AvgIpc) is 2.86. The molecule has 0 N–H and O–H groups in total. The molecular weight excluding hydrogens is 254 g/mol. The first-order valence-corrected chi connectivity index (χ1v) is 7.63. The minimum Gasteiger partial charge on any atom is -0.140 e. The number of hydrogen-bond donors (Lipinski definition) is 0. The van der Waals surface area contributed by atoms with E-state index in [0.29, 0.717) is 5.92 Å². The van der Waals surface area contributed by atoms with E-state index in [1.165, 1.54) is 21.4 Å². The van der Waals surface area contributed by atoms with Crippen LogP contribution in [0.4, 0.5) is 0 Å². The molecule has 1 aliphatic rings. The lowest BCUT2D eigenvalue weighted by Gasteiger charge is -2.38. The van der Waals surface area contributed by atoms with E-state index in [9.17, 15) is 0 Å². The summed E-state index contributed by atoms with van der Waals surface area (Å²) in [5.74, 6) is 0.421. The van der Waals surface area contributed by atoms with E-state index < -0.39 is 0 Å². The molecule has 3 rings (SSSR count). The van der Waals surface area contributed by atoms with Crippen molar-refractivity contribution in [1.82, 2.24) is 0 Å². The van der Waals surface area contributed by atoms with E-state index in [0.717, 1.165) is 19.3 Å². The molecule has 19 heavy (non-hydrogen) atoms. The minimum atomic E-state index is -0.323. The molecule has 0 saturated heterocycles. The first kappa shape index (κ1) is 12.5. The number of fused-ring (bicyclic) bond motifs is 1. The molecule has 1 fully saturated rings. The molecule has 2 aromatic rings. The van der Waals surface area contributed by atoms with Crippen molar-refractivity contribution in [2.45, 2.75) is 38.1 Å². The first-order valence-electron chi connectivity index (χ1n) is 6.81. The third-order valence-corrected chi connectivity index (χ3v) is 5.62. The second-order valence-corrected chi connectivity index (χ2v) is 6.49. The van der Waals surface area contributed by atoms with Gasteiger partial charge >= 0.3 is 0 Å². The molecule has 3 nitrogen and oxygen atoms in total. The van der Waals surface area contributed by atoms with Gasteiger partial charge in [0.15, 0.2) is 0 Å². The third-order valence-electron chi connectivity index (χ3n) is 4.34. The zero-order valence-corrected chi connectivity index (χ0v) is 11.9. The van der Waals surface area contributed by atoms with Crippen LogP contribution < -0.4 is 0 Å². The van der Waals surface area contributed by atoms with Crippen molar-refractivity contribution in [3.05, 3.63) is 45.7 Å². The smallest absolute Gasteiger partial charge is 0.0856 e. The van der Waals surface area contributed by atoms with Crippen molar-refractivity contribution in [2.75, 3.05) is 0 Å². The molecule has 0 bridgehead atoms. The lowest BCUT2D eigenvalue weighted by molar-refractivity contribution is 0.211. The fourth-order valence-electron chi connectivity index (χ4n) is 3.17. The molecule has 1 aromatic carbocycles. The summed E-state index contributed by atoms with van der Waals surface area (Å²) in [4.78, 5) is 4.40. The summed E-state index contributed by atoms with van der Waals surface area (Å²) in [6.07, 6.45) is 4.52. The van der Waals surface area contributed by atoms with Gasteiger partial charge in [-0.1, -0.05) is 43.1 Å². The Morgan fingerprint density at radius 2 is 2.21 bits per heavy atom. The highest BCUT2D eigenvalue weighted by Crippen LogP contribution is 2.48. The second kappa shape index (κ2) is 4.87. The lowest BCUT2D eigenvalue weighted by Crippen LogP contribution is -2.33. The average molecular weight is 271 g/mol. The molecule has 1 heterocycles. The Morgan fingerprint density at radius 3 is 2.95 bits per heavy atom.